The molecular formula is C13H20N2O4S. The van der Waals surface area contributed by atoms with E-state index >= 15 is 0 Å². The molecule has 1 rings (SSSR count). The Morgan fingerprint density at radius 2 is 2.00 bits per heavy atom. The number of hydrogen-bond acceptors (Lipinski definition) is 6. The average Bonchev–Trinajstić information content (AvgIpc) is 2.66. The second-order valence-corrected chi connectivity index (χ2v) is 6.38. The van der Waals surface area contributed by atoms with Crippen molar-refractivity contribution in [3.05, 3.63) is 15.6 Å². The molecule has 0 unspecified atom stereocenters. The lowest BCUT2D eigenvalue weighted by Gasteiger charge is -2.19. The molecule has 1 N–H and O–H groups in total. The first-order valence-electron chi connectivity index (χ1n) is 6.33. The van der Waals surface area contributed by atoms with Gasteiger partial charge in [0.15, 0.2) is 5.69 Å². The van der Waals surface area contributed by atoms with Gasteiger partial charge in [-0.2, -0.15) is 0 Å². The molecular weight excluding hydrogens is 280 g/mol. The molecule has 0 fully saturated rings. The van der Waals surface area contributed by atoms with Crippen molar-refractivity contribution in [1.29, 1.82) is 0 Å². The molecule has 0 aliphatic carbocycles. The fourth-order valence-electron chi connectivity index (χ4n) is 1.38. The van der Waals surface area contributed by atoms with Gasteiger partial charge in [-0.3, -0.25) is 0 Å². The van der Waals surface area contributed by atoms with E-state index in [1.807, 2.05) is 0 Å². The average molecular weight is 300 g/mol. The number of aromatic nitrogens is 1. The lowest BCUT2D eigenvalue weighted by atomic mass is 10.2. The maximum atomic E-state index is 11.6. The van der Waals surface area contributed by atoms with E-state index in [1.54, 1.807) is 34.6 Å². The van der Waals surface area contributed by atoms with Gasteiger partial charge < -0.3 is 14.8 Å². The predicted molar refractivity (Wildman–Crippen MR) is 75.9 cm³/mol. The molecule has 0 radical (unpaired) electrons. The van der Waals surface area contributed by atoms with Gasteiger partial charge in [-0.15, -0.1) is 11.3 Å². The summed E-state index contributed by atoms with van der Waals surface area (Å²) in [6.45, 7) is 9.43. The molecule has 0 saturated heterocycles. The third-order valence-corrected chi connectivity index (χ3v) is 3.06. The zero-order valence-corrected chi connectivity index (χ0v) is 13.2. The van der Waals surface area contributed by atoms with E-state index in [9.17, 15) is 9.59 Å². The van der Waals surface area contributed by atoms with Crippen LogP contribution in [0.4, 0.5) is 4.79 Å². The first-order chi connectivity index (χ1) is 9.23. The molecule has 0 aliphatic heterocycles. The maximum Gasteiger partial charge on any atom is 0.408 e. The summed E-state index contributed by atoms with van der Waals surface area (Å²) in [7, 11) is 0. The van der Waals surface area contributed by atoms with E-state index in [0.717, 1.165) is 4.88 Å². The first kappa shape index (κ1) is 16.4. The number of nitrogens with zero attached hydrogens (tertiary/aromatic N) is 1. The molecule has 20 heavy (non-hydrogen) atoms. The zero-order valence-electron chi connectivity index (χ0n) is 12.4. The molecule has 0 atom stereocenters. The Labute approximate surface area is 122 Å². The summed E-state index contributed by atoms with van der Waals surface area (Å²) in [5.74, 6) is -0.440. The highest BCUT2D eigenvalue weighted by Crippen LogP contribution is 2.18. The highest BCUT2D eigenvalue weighted by atomic mass is 32.1. The summed E-state index contributed by atoms with van der Waals surface area (Å²) < 4.78 is 10.0. The number of rotatable bonds is 4. The summed E-state index contributed by atoms with van der Waals surface area (Å²) in [4.78, 5) is 28.1. The van der Waals surface area contributed by atoms with Crippen LogP contribution < -0.4 is 5.32 Å². The van der Waals surface area contributed by atoms with Gasteiger partial charge in [0, 0.05) is 4.88 Å². The van der Waals surface area contributed by atoms with Gasteiger partial charge in [-0.25, -0.2) is 14.6 Å². The molecule has 0 saturated carbocycles. The van der Waals surface area contributed by atoms with Crippen molar-refractivity contribution in [2.45, 2.75) is 46.8 Å². The smallest absolute Gasteiger partial charge is 0.408 e. The van der Waals surface area contributed by atoms with Gasteiger partial charge in [0.25, 0.3) is 0 Å². The third kappa shape index (κ3) is 5.16. The minimum absolute atomic E-state index is 0.222. The molecule has 1 aromatic rings. The number of thiazole rings is 1. The van der Waals surface area contributed by atoms with Crippen LogP contribution in [-0.2, 0) is 16.0 Å². The lowest BCUT2D eigenvalue weighted by molar-refractivity contribution is 0.0515. The van der Waals surface area contributed by atoms with Crippen LogP contribution in [0.1, 0.15) is 48.1 Å². The van der Waals surface area contributed by atoms with Crippen LogP contribution in [0.2, 0.25) is 0 Å². The van der Waals surface area contributed by atoms with Crippen LogP contribution in [0.3, 0.4) is 0 Å². The molecule has 6 nitrogen and oxygen atoms in total. The molecule has 0 aliphatic rings. The maximum absolute atomic E-state index is 11.6. The van der Waals surface area contributed by atoms with Gasteiger partial charge >= 0.3 is 12.1 Å². The van der Waals surface area contributed by atoms with Gasteiger partial charge in [-0.05, 0) is 34.6 Å². The number of aryl methyl sites for hydroxylation is 1. The van der Waals surface area contributed by atoms with Crippen molar-refractivity contribution in [3.63, 3.8) is 0 Å². The van der Waals surface area contributed by atoms with Crippen molar-refractivity contribution in [2.24, 2.45) is 0 Å². The van der Waals surface area contributed by atoms with Crippen LogP contribution >= 0.6 is 11.3 Å². The molecule has 1 aromatic heterocycles. The second-order valence-electron chi connectivity index (χ2n) is 5.09. The first-order valence-corrected chi connectivity index (χ1v) is 7.15. The highest BCUT2D eigenvalue weighted by Gasteiger charge is 2.18. The van der Waals surface area contributed by atoms with Crippen molar-refractivity contribution in [2.75, 3.05) is 6.61 Å². The van der Waals surface area contributed by atoms with Gasteiger partial charge in [0.05, 0.1) is 13.2 Å². The van der Waals surface area contributed by atoms with Gasteiger partial charge in [0.1, 0.15) is 10.6 Å². The lowest BCUT2D eigenvalue weighted by Crippen LogP contribution is -2.32. The van der Waals surface area contributed by atoms with Crippen molar-refractivity contribution >= 4 is 23.4 Å². The third-order valence-electron chi connectivity index (χ3n) is 2.09. The number of carbonyl (C=O) groups is 2. The summed E-state index contributed by atoms with van der Waals surface area (Å²) in [6, 6.07) is 0. The van der Waals surface area contributed by atoms with Crippen LogP contribution in [0, 0.1) is 6.92 Å². The number of hydrogen-bond donors (Lipinski definition) is 1. The molecule has 0 spiro atoms. The van der Waals surface area contributed by atoms with E-state index in [2.05, 4.69) is 10.3 Å². The number of esters is 1. The standard InChI is InChI=1S/C13H20N2O4S/c1-6-18-11(16)10-8(2)20-9(15-10)7-14-12(17)19-13(3,4)5/h6-7H2,1-5H3,(H,14,17). The summed E-state index contributed by atoms with van der Waals surface area (Å²) in [5.41, 5.74) is -0.239. The number of alkyl carbamates (subject to hydrolysis) is 1. The number of ether oxygens (including phenoxy) is 2. The molecule has 0 aromatic carbocycles. The molecule has 7 heteroatoms. The van der Waals surface area contributed by atoms with E-state index in [1.165, 1.54) is 11.3 Å². The Morgan fingerprint density at radius 1 is 1.35 bits per heavy atom. The summed E-state index contributed by atoms with van der Waals surface area (Å²) in [5, 5.41) is 3.24. The fourth-order valence-corrected chi connectivity index (χ4v) is 2.24. The van der Waals surface area contributed by atoms with E-state index in [-0.39, 0.29) is 6.54 Å². The summed E-state index contributed by atoms with van der Waals surface area (Å²) >= 11 is 1.35. The molecule has 112 valence electrons. The van der Waals surface area contributed by atoms with Crippen LogP contribution in [0.15, 0.2) is 0 Å². The van der Waals surface area contributed by atoms with Crippen LogP contribution in [0.25, 0.3) is 0 Å². The van der Waals surface area contributed by atoms with Crippen molar-refractivity contribution < 1.29 is 19.1 Å². The molecule has 0 bridgehead atoms. The Balaban J connectivity index is 2.60. The van der Waals surface area contributed by atoms with Gasteiger partial charge in [0.2, 0.25) is 0 Å². The number of nitrogens with one attached hydrogen (secondary N) is 1. The highest BCUT2D eigenvalue weighted by molar-refractivity contribution is 7.11. The minimum Gasteiger partial charge on any atom is -0.461 e. The van der Waals surface area contributed by atoms with Crippen LogP contribution in [0.5, 0.6) is 0 Å². The van der Waals surface area contributed by atoms with Crippen LogP contribution in [-0.4, -0.2) is 29.3 Å². The zero-order chi connectivity index (χ0) is 15.3. The number of carbonyl (C=O) groups excluding carboxylic acids is 2. The second kappa shape index (κ2) is 6.69. The quantitative estimate of drug-likeness (QED) is 0.865. The number of amides is 1. The normalized spacial score (nSPS) is 11.1. The Hall–Kier alpha value is -1.63. The minimum atomic E-state index is -0.543. The Morgan fingerprint density at radius 3 is 2.55 bits per heavy atom. The van der Waals surface area contributed by atoms with Crippen molar-refractivity contribution in [1.82, 2.24) is 10.3 Å². The Bertz CT molecular complexity index is 491. The largest absolute Gasteiger partial charge is 0.461 e. The van der Waals surface area contributed by atoms with E-state index < -0.39 is 17.7 Å². The SMILES string of the molecule is CCOC(=O)c1nc(CNC(=O)OC(C)(C)C)sc1C. The van der Waals surface area contributed by atoms with E-state index in [0.29, 0.717) is 17.3 Å². The summed E-state index contributed by atoms with van der Waals surface area (Å²) in [6.07, 6.45) is -0.511. The monoisotopic (exact) mass is 300 g/mol. The molecule has 1 heterocycles. The van der Waals surface area contributed by atoms with Gasteiger partial charge in [-0.1, -0.05) is 0 Å². The fraction of sp³-hybridized carbons (Fsp3) is 0.615. The van der Waals surface area contributed by atoms with Crippen molar-refractivity contribution in [3.8, 4) is 0 Å². The van der Waals surface area contributed by atoms with E-state index in [4.69, 9.17) is 9.47 Å². The molecule has 1 amide bonds. The predicted octanol–water partition coefficient (Wildman–Crippen LogP) is 2.65. The topological polar surface area (TPSA) is 77.5 Å². The Kier molecular flexibility index (Phi) is 5.50.